The number of esters is 1. The number of carbonyl (C=O) groups excluding carboxylic acids is 4. The third-order valence-electron chi connectivity index (χ3n) is 13.3. The summed E-state index contributed by atoms with van der Waals surface area (Å²) in [6, 6.07) is 4.09. The highest BCUT2D eigenvalue weighted by molar-refractivity contribution is 7.91. The van der Waals surface area contributed by atoms with E-state index in [9.17, 15) is 31.6 Å². The van der Waals surface area contributed by atoms with E-state index in [-0.39, 0.29) is 37.6 Å². The smallest absolute Gasteiger partial charge is 0.307 e. The molecule has 7 rings (SSSR count). The average Bonchev–Trinajstić information content (AvgIpc) is 3.96. The maximum absolute atomic E-state index is 15.0. The molecule has 2 saturated carbocycles. The van der Waals surface area contributed by atoms with E-state index in [2.05, 4.69) is 14.7 Å². The molecule has 2 amide bonds. The van der Waals surface area contributed by atoms with Crippen LogP contribution in [0.25, 0.3) is 16.7 Å². The minimum Gasteiger partial charge on any atom is -0.472 e. The summed E-state index contributed by atoms with van der Waals surface area (Å²) < 4.78 is 70.5. The third kappa shape index (κ3) is 8.51. The van der Waals surface area contributed by atoms with Gasteiger partial charge in [-0.15, -0.1) is 0 Å². The highest BCUT2D eigenvalue weighted by Crippen LogP contribution is 2.58. The standard InChI is InChI=1S/C43H54ClF2N5O8S/c1-24-10-8-9-11-27-20-43(27,38(55)49-60(56,57)41(6)14-15-41)21-34(52)33-18-29(58-36-31-17-28(44)12-13-32(31)51-22-26(3)47-39(51)48-36)23-50(33)37(54)30(25(2)16-24)19-35(53)59-40(4,5)42(7,45)46/h9,11-13,17,22,24-25,27,29-30,33H,8,10,14-16,18-21,23H2,1-7H3,(H,49,55)/b11-9-/t24-,25-,27-,29-,30+,33+,43-/m1/s1. The Balaban J connectivity index is 1.26. The van der Waals surface area contributed by atoms with Gasteiger partial charge in [0, 0.05) is 31.0 Å². The molecule has 13 nitrogen and oxygen atoms in total. The van der Waals surface area contributed by atoms with Gasteiger partial charge >= 0.3 is 5.97 Å². The van der Waals surface area contributed by atoms with Crippen LogP contribution in [0.2, 0.25) is 5.02 Å². The van der Waals surface area contributed by atoms with Gasteiger partial charge in [-0.05, 0) is 102 Å². The number of nitrogens with one attached hydrogen (secondary N) is 1. The van der Waals surface area contributed by atoms with E-state index in [1.165, 1.54) is 4.90 Å². The molecule has 3 fully saturated rings. The van der Waals surface area contributed by atoms with Crippen LogP contribution in [0.3, 0.4) is 0 Å². The van der Waals surface area contributed by atoms with Gasteiger partial charge < -0.3 is 14.4 Å². The average molecular weight is 874 g/mol. The van der Waals surface area contributed by atoms with Crippen molar-refractivity contribution in [3.63, 3.8) is 0 Å². The molecule has 0 bridgehead atoms. The third-order valence-corrected chi connectivity index (χ3v) is 15.7. The van der Waals surface area contributed by atoms with Crippen LogP contribution in [0.15, 0.2) is 36.5 Å². The van der Waals surface area contributed by atoms with Crippen molar-refractivity contribution in [2.45, 2.75) is 135 Å². The Hall–Kier alpha value is -4.18. The van der Waals surface area contributed by atoms with Crippen molar-refractivity contribution in [3.05, 3.63) is 47.3 Å². The van der Waals surface area contributed by atoms with E-state index >= 15 is 4.79 Å². The lowest BCUT2D eigenvalue weighted by molar-refractivity contribution is -0.197. The zero-order valence-corrected chi connectivity index (χ0v) is 36.7. The number of hydrogen-bond acceptors (Lipinski definition) is 10. The van der Waals surface area contributed by atoms with E-state index in [1.54, 1.807) is 23.5 Å². The van der Waals surface area contributed by atoms with Gasteiger partial charge in [0.05, 0.1) is 51.7 Å². The molecule has 3 aromatic rings. The van der Waals surface area contributed by atoms with E-state index in [0.29, 0.717) is 66.4 Å². The predicted octanol–water partition coefficient (Wildman–Crippen LogP) is 7.15. The molecule has 1 N–H and O–H groups in total. The number of amides is 2. The van der Waals surface area contributed by atoms with Crippen LogP contribution in [-0.4, -0.2) is 86.2 Å². The normalized spacial score (nSPS) is 29.3. The molecule has 326 valence electrons. The second-order valence-electron chi connectivity index (χ2n) is 18.6. The number of sulfonamides is 1. The second kappa shape index (κ2) is 15.6. The zero-order chi connectivity index (χ0) is 43.7. The number of ketones is 1. The van der Waals surface area contributed by atoms with Crippen LogP contribution in [0, 0.1) is 36.0 Å². The molecular weight excluding hydrogens is 820 g/mol. The fraction of sp³-hybridized carbons (Fsp3) is 0.628. The summed E-state index contributed by atoms with van der Waals surface area (Å²) in [4.78, 5) is 67.9. The van der Waals surface area contributed by atoms with Gasteiger partial charge in [-0.3, -0.25) is 28.3 Å². The summed E-state index contributed by atoms with van der Waals surface area (Å²) in [7, 11) is -4.02. The van der Waals surface area contributed by atoms with Crippen molar-refractivity contribution in [2.24, 2.45) is 29.1 Å². The summed E-state index contributed by atoms with van der Waals surface area (Å²) in [5.74, 6) is -7.45. The van der Waals surface area contributed by atoms with Crippen molar-refractivity contribution in [1.29, 1.82) is 0 Å². The fourth-order valence-electron chi connectivity index (χ4n) is 8.71. The number of alkyl halides is 2. The van der Waals surface area contributed by atoms with Gasteiger partial charge in [-0.25, -0.2) is 22.2 Å². The number of rotatable bonds is 9. The van der Waals surface area contributed by atoms with Gasteiger partial charge in [0.25, 0.3) is 5.92 Å². The molecule has 0 spiro atoms. The van der Waals surface area contributed by atoms with Gasteiger partial charge in [-0.1, -0.05) is 37.6 Å². The molecule has 2 aromatic heterocycles. The first-order valence-corrected chi connectivity index (χ1v) is 22.6. The number of aromatic nitrogens is 3. The molecule has 7 atom stereocenters. The van der Waals surface area contributed by atoms with Gasteiger partial charge in [0.1, 0.15) is 6.10 Å². The fourth-order valence-corrected chi connectivity index (χ4v) is 10.2. The highest BCUT2D eigenvalue weighted by atomic mass is 35.5. The maximum Gasteiger partial charge on any atom is 0.307 e. The number of benzene rings is 1. The molecule has 0 radical (unpaired) electrons. The lowest BCUT2D eigenvalue weighted by atomic mass is 9.82. The van der Waals surface area contributed by atoms with Gasteiger partial charge in [0.2, 0.25) is 33.5 Å². The molecule has 17 heteroatoms. The van der Waals surface area contributed by atoms with Crippen LogP contribution in [0.5, 0.6) is 5.88 Å². The number of nitrogens with zero attached hydrogens (tertiary/aromatic N) is 4. The van der Waals surface area contributed by atoms with Crippen LogP contribution in [0.1, 0.15) is 105 Å². The first kappa shape index (κ1) is 43.9. The van der Waals surface area contributed by atoms with Crippen LogP contribution >= 0.6 is 11.6 Å². The lowest BCUT2D eigenvalue weighted by Gasteiger charge is -2.34. The van der Waals surface area contributed by atoms with Crippen molar-refractivity contribution >= 4 is 61.9 Å². The van der Waals surface area contributed by atoms with E-state index in [4.69, 9.17) is 21.1 Å². The van der Waals surface area contributed by atoms with E-state index in [1.807, 2.05) is 45.2 Å². The molecule has 2 aliphatic carbocycles. The summed E-state index contributed by atoms with van der Waals surface area (Å²) in [6.07, 6.45) is 6.86. The lowest BCUT2D eigenvalue weighted by Crippen LogP contribution is -2.49. The molecule has 1 aromatic carbocycles. The Kier molecular flexibility index (Phi) is 11.4. The molecule has 1 saturated heterocycles. The number of aryl methyl sites for hydroxylation is 1. The van der Waals surface area contributed by atoms with Crippen molar-refractivity contribution in [2.75, 3.05) is 6.54 Å². The molecular formula is C43H54ClF2N5O8S. The monoisotopic (exact) mass is 873 g/mol. The number of carbonyl (C=O) groups is 4. The number of ether oxygens (including phenoxy) is 2. The Labute approximate surface area is 354 Å². The molecule has 0 unspecified atom stereocenters. The quantitative estimate of drug-likeness (QED) is 0.172. The van der Waals surface area contributed by atoms with Gasteiger partial charge in [-0.2, -0.15) is 4.98 Å². The van der Waals surface area contributed by atoms with Gasteiger partial charge in [0.15, 0.2) is 11.4 Å². The number of Topliss-reactive ketones (excluding diaryl/α,β-unsaturated/α-hetero) is 1. The minimum absolute atomic E-state index is 0.0153. The van der Waals surface area contributed by atoms with Crippen molar-refractivity contribution < 1.29 is 45.9 Å². The Bertz CT molecular complexity index is 2380. The number of halogens is 3. The summed E-state index contributed by atoms with van der Waals surface area (Å²) in [6.45, 7) is 10.0. The summed E-state index contributed by atoms with van der Waals surface area (Å²) in [5.41, 5.74) is -2.11. The van der Waals surface area contributed by atoms with Crippen molar-refractivity contribution in [1.82, 2.24) is 24.0 Å². The summed E-state index contributed by atoms with van der Waals surface area (Å²) in [5, 5.41) is 0.980. The van der Waals surface area contributed by atoms with E-state index < -0.39 is 91.6 Å². The summed E-state index contributed by atoms with van der Waals surface area (Å²) >= 11 is 6.44. The molecule has 4 aliphatic rings. The number of imidazole rings is 1. The number of fused-ring (bicyclic) bond motifs is 5. The molecule has 60 heavy (non-hydrogen) atoms. The predicted molar refractivity (Wildman–Crippen MR) is 220 cm³/mol. The minimum atomic E-state index is -4.02. The van der Waals surface area contributed by atoms with E-state index in [0.717, 1.165) is 13.8 Å². The van der Waals surface area contributed by atoms with Crippen LogP contribution in [0.4, 0.5) is 8.78 Å². The zero-order valence-electron chi connectivity index (χ0n) is 35.1. The van der Waals surface area contributed by atoms with Crippen molar-refractivity contribution in [3.8, 4) is 5.88 Å². The topological polar surface area (TPSA) is 166 Å². The Morgan fingerprint density at radius 2 is 1.82 bits per heavy atom. The largest absolute Gasteiger partial charge is 0.472 e. The maximum atomic E-state index is 15.0. The number of allylic oxidation sites excluding steroid dienone is 2. The highest BCUT2D eigenvalue weighted by Gasteiger charge is 2.63. The van der Waals surface area contributed by atoms with Crippen LogP contribution in [-0.2, 0) is 33.9 Å². The Morgan fingerprint density at radius 1 is 1.10 bits per heavy atom. The first-order valence-electron chi connectivity index (χ1n) is 20.7. The van der Waals surface area contributed by atoms with Crippen LogP contribution < -0.4 is 9.46 Å². The number of hydrogen-bond donors (Lipinski definition) is 1. The first-order chi connectivity index (χ1) is 27.9. The SMILES string of the molecule is Cc1cn2c(n1)nc(O[C@@H]1C[C@H]3C(=O)C[C@]4(C(=O)NS(=O)(=O)C5(C)CC5)C[C@H]4/C=C\CC[C@@H](C)C[C@@H](C)[C@H](CC(=O)OC(C)(C)C(C)(F)F)C(=O)N3C1)c1cc(Cl)ccc12. The second-order valence-corrected chi connectivity index (χ2v) is 21.2. The molecule has 4 heterocycles. The Morgan fingerprint density at radius 3 is 2.50 bits per heavy atom. The molecule has 2 aliphatic heterocycles.